The van der Waals surface area contributed by atoms with E-state index < -0.39 is 110 Å². The maximum atomic E-state index is 14.2. The molecule has 0 bridgehead atoms. The maximum absolute atomic E-state index is 14.2. The summed E-state index contributed by atoms with van der Waals surface area (Å²) < 4.78 is 55.8. The third-order valence-corrected chi connectivity index (χ3v) is 11.4. The van der Waals surface area contributed by atoms with Crippen LogP contribution in [0.5, 0.6) is 0 Å². The third-order valence-electron chi connectivity index (χ3n) is 11.4. The molecule has 2 fully saturated rings. The average Bonchev–Trinajstić information content (AvgIpc) is 3.70. The number of benzene rings is 6. The quantitative estimate of drug-likeness (QED) is 0.0814. The second kappa shape index (κ2) is 23.0. The van der Waals surface area contributed by atoms with Crippen molar-refractivity contribution < 1.29 is 81.6 Å². The van der Waals surface area contributed by atoms with Gasteiger partial charge in [0.15, 0.2) is 30.5 Å². The number of carbonyl (C=O) groups excluding carboxylic acids is 6. The minimum absolute atomic E-state index is 0.00292. The van der Waals surface area contributed by atoms with Crippen molar-refractivity contribution in [2.75, 3.05) is 19.8 Å². The lowest BCUT2D eigenvalue weighted by Crippen LogP contribution is -2.65. The van der Waals surface area contributed by atoms with Gasteiger partial charge in [-0.15, -0.1) is 0 Å². The number of ether oxygens (including phenoxy) is 9. The molecule has 0 aliphatic carbocycles. The molecule has 0 radical (unpaired) electrons. The van der Waals surface area contributed by atoms with Gasteiger partial charge < -0.3 is 52.8 Å². The Balaban J connectivity index is 1.27. The number of hydrogen-bond acceptors (Lipinski definition) is 17. The molecule has 364 valence electrons. The van der Waals surface area contributed by atoms with Crippen molar-refractivity contribution in [3.05, 3.63) is 215 Å². The van der Waals surface area contributed by atoms with Crippen LogP contribution in [0.15, 0.2) is 182 Å². The molecule has 0 amide bonds. The highest BCUT2D eigenvalue weighted by Crippen LogP contribution is 2.42. The van der Waals surface area contributed by atoms with E-state index in [0.29, 0.717) is 0 Å². The summed E-state index contributed by atoms with van der Waals surface area (Å²) in [6.07, 6.45) is -14.8. The summed E-state index contributed by atoms with van der Waals surface area (Å²) in [5, 5.41) is 22.0. The van der Waals surface area contributed by atoms with E-state index >= 15 is 0 Å². The molecule has 9 atom stereocenters. The van der Waals surface area contributed by atoms with Gasteiger partial charge in [-0.2, -0.15) is 0 Å². The standard InChI is InChI=1S/C54H46O17/c55-31-40-42(65-48(58)35-21-9-2-10-22-35)44(67-50(60)37-25-13-4-14-26-37)45(68-51(61)38-27-15-5-16-28-38)53(64-40)71-54(33-63-47(57)34-19-7-1-8-20-34)46(69-52(62)39-29-17-6-18-30-39)43(41(32-56)70-54)66-49(59)36-23-11-3-12-24-36/h1-30,40-46,53,55-56H,31-33H2/t40-,41-,42-,43-,44+,45-,46+,53-,54+/m1/s1. The van der Waals surface area contributed by atoms with E-state index in [1.165, 1.54) is 72.8 Å². The number of carbonyl (C=O) groups is 6. The Morgan fingerprint density at radius 2 is 0.718 bits per heavy atom. The molecule has 0 unspecified atom stereocenters. The molecule has 17 nitrogen and oxygen atoms in total. The molecule has 8 rings (SSSR count). The van der Waals surface area contributed by atoms with Crippen molar-refractivity contribution in [1.29, 1.82) is 0 Å². The van der Waals surface area contributed by atoms with Gasteiger partial charge in [0.2, 0.25) is 12.1 Å². The lowest BCUT2D eigenvalue weighted by atomic mass is 9.97. The van der Waals surface area contributed by atoms with Crippen LogP contribution in [0.1, 0.15) is 62.1 Å². The van der Waals surface area contributed by atoms with E-state index in [2.05, 4.69) is 0 Å². The molecule has 2 aliphatic heterocycles. The zero-order valence-corrected chi connectivity index (χ0v) is 37.6. The number of rotatable bonds is 17. The summed E-state index contributed by atoms with van der Waals surface area (Å²) >= 11 is 0. The first kappa shape index (κ1) is 49.4. The summed E-state index contributed by atoms with van der Waals surface area (Å²) in [7, 11) is 0. The largest absolute Gasteiger partial charge is 0.456 e. The van der Waals surface area contributed by atoms with Gasteiger partial charge in [-0.05, 0) is 72.8 Å². The average molecular weight is 967 g/mol. The molecular formula is C54H46O17. The van der Waals surface area contributed by atoms with Crippen LogP contribution in [0.2, 0.25) is 0 Å². The molecule has 71 heavy (non-hydrogen) atoms. The molecule has 0 spiro atoms. The molecule has 2 N–H and O–H groups in total. The Bertz CT molecular complexity index is 2750. The minimum atomic E-state index is -2.70. The highest BCUT2D eigenvalue weighted by molar-refractivity contribution is 5.92. The smallest absolute Gasteiger partial charge is 0.338 e. The Hall–Kier alpha value is -8.06. The number of aliphatic hydroxyl groups is 2. The van der Waals surface area contributed by atoms with Crippen LogP contribution in [0, 0.1) is 0 Å². The van der Waals surface area contributed by atoms with E-state index in [4.69, 9.17) is 42.6 Å². The Kier molecular flexibility index (Phi) is 16.0. The zero-order chi connectivity index (χ0) is 49.7. The lowest BCUT2D eigenvalue weighted by Gasteiger charge is -2.46. The first-order valence-corrected chi connectivity index (χ1v) is 22.3. The second-order valence-corrected chi connectivity index (χ2v) is 16.1. The predicted molar refractivity (Wildman–Crippen MR) is 246 cm³/mol. The Morgan fingerprint density at radius 3 is 1.10 bits per heavy atom. The second-order valence-electron chi connectivity index (χ2n) is 16.1. The summed E-state index contributed by atoms with van der Waals surface area (Å²) in [5.74, 6) is -8.59. The van der Waals surface area contributed by atoms with Crippen LogP contribution in [-0.2, 0) is 42.6 Å². The van der Waals surface area contributed by atoms with Crippen molar-refractivity contribution in [3.8, 4) is 0 Å². The van der Waals surface area contributed by atoms with Gasteiger partial charge in [0, 0.05) is 0 Å². The third kappa shape index (κ3) is 11.7. The number of hydrogen-bond donors (Lipinski definition) is 2. The Morgan fingerprint density at radius 1 is 0.394 bits per heavy atom. The topological polar surface area (TPSA) is 226 Å². The molecule has 2 aliphatic rings. The van der Waals surface area contributed by atoms with Crippen LogP contribution in [0.4, 0.5) is 0 Å². The van der Waals surface area contributed by atoms with Crippen LogP contribution < -0.4 is 0 Å². The van der Waals surface area contributed by atoms with Crippen LogP contribution in [0.25, 0.3) is 0 Å². The first-order chi connectivity index (χ1) is 34.6. The molecule has 2 saturated heterocycles. The Labute approximate surface area is 406 Å². The predicted octanol–water partition coefficient (Wildman–Crippen LogP) is 5.79. The van der Waals surface area contributed by atoms with Gasteiger partial charge in [-0.3, -0.25) is 0 Å². The van der Waals surface area contributed by atoms with Crippen LogP contribution in [-0.4, -0.2) is 121 Å². The fourth-order valence-corrected chi connectivity index (χ4v) is 7.88. The summed E-state index contributed by atoms with van der Waals surface area (Å²) in [5.41, 5.74) is 0.185. The van der Waals surface area contributed by atoms with E-state index in [9.17, 15) is 39.0 Å². The van der Waals surface area contributed by atoms with Crippen molar-refractivity contribution in [2.24, 2.45) is 0 Å². The zero-order valence-electron chi connectivity index (χ0n) is 37.6. The molecule has 6 aromatic rings. The van der Waals surface area contributed by atoms with Gasteiger partial charge in [0.1, 0.15) is 18.8 Å². The van der Waals surface area contributed by atoms with E-state index in [0.717, 1.165) is 0 Å². The summed E-state index contributed by atoms with van der Waals surface area (Å²) in [6, 6.07) is 46.1. The fourth-order valence-electron chi connectivity index (χ4n) is 7.88. The molecule has 17 heteroatoms. The maximum Gasteiger partial charge on any atom is 0.338 e. The highest BCUT2D eigenvalue weighted by atomic mass is 16.8. The lowest BCUT2D eigenvalue weighted by molar-refractivity contribution is -0.380. The normalized spacial score (nSPS) is 23.6. The van der Waals surface area contributed by atoms with E-state index in [1.54, 1.807) is 109 Å². The molecule has 0 aromatic heterocycles. The van der Waals surface area contributed by atoms with Crippen molar-refractivity contribution in [3.63, 3.8) is 0 Å². The van der Waals surface area contributed by atoms with Crippen molar-refractivity contribution in [1.82, 2.24) is 0 Å². The van der Waals surface area contributed by atoms with Crippen LogP contribution in [0.3, 0.4) is 0 Å². The summed E-state index contributed by atoms with van der Waals surface area (Å²) in [4.78, 5) is 84.1. The van der Waals surface area contributed by atoms with E-state index in [-0.39, 0.29) is 33.4 Å². The van der Waals surface area contributed by atoms with Gasteiger partial charge in [0.05, 0.1) is 46.6 Å². The first-order valence-electron chi connectivity index (χ1n) is 22.3. The summed E-state index contributed by atoms with van der Waals surface area (Å²) in [6.45, 7) is -2.89. The fraction of sp³-hybridized carbons (Fsp3) is 0.222. The van der Waals surface area contributed by atoms with Crippen LogP contribution >= 0.6 is 0 Å². The highest BCUT2D eigenvalue weighted by Gasteiger charge is 2.65. The van der Waals surface area contributed by atoms with Gasteiger partial charge in [-0.1, -0.05) is 109 Å². The molecule has 2 heterocycles. The monoisotopic (exact) mass is 966 g/mol. The number of esters is 6. The molecular weight excluding hydrogens is 921 g/mol. The van der Waals surface area contributed by atoms with Gasteiger partial charge in [-0.25, -0.2) is 28.8 Å². The van der Waals surface area contributed by atoms with E-state index in [1.807, 2.05) is 0 Å². The molecule has 6 aromatic carbocycles. The van der Waals surface area contributed by atoms with Gasteiger partial charge in [0.25, 0.3) is 0 Å². The number of aliphatic hydroxyl groups excluding tert-OH is 2. The van der Waals surface area contributed by atoms with Crippen molar-refractivity contribution in [2.45, 2.75) is 54.8 Å². The minimum Gasteiger partial charge on any atom is -0.456 e. The molecule has 0 saturated carbocycles. The van der Waals surface area contributed by atoms with Crippen molar-refractivity contribution >= 4 is 35.8 Å². The SMILES string of the molecule is O=C(OC[C@@]1(O[C@H]2O[C@H](CO)[C@@H](OC(=O)c3ccccc3)[C@H](OC(=O)c3ccccc3)[C@H]2OC(=O)c2ccccc2)O[C@H](CO)[C@@H](OC(=O)c2ccccc2)[C@@H]1OC(=O)c1ccccc1)c1ccccc1. The van der Waals surface area contributed by atoms with Gasteiger partial charge >= 0.3 is 35.8 Å².